The van der Waals surface area contributed by atoms with E-state index in [1.165, 1.54) is 6.07 Å². The molecule has 0 bridgehead atoms. The highest BCUT2D eigenvalue weighted by atomic mass is 19.4. The van der Waals surface area contributed by atoms with Crippen LogP contribution in [-0.4, -0.2) is 70.8 Å². The van der Waals surface area contributed by atoms with Crippen LogP contribution in [0.25, 0.3) is 0 Å². The average molecular weight is 608 g/mol. The maximum atomic E-state index is 14.1. The summed E-state index contributed by atoms with van der Waals surface area (Å²) in [4.78, 5) is 35.4. The molecule has 0 aliphatic carbocycles. The van der Waals surface area contributed by atoms with E-state index in [-0.39, 0.29) is 30.3 Å². The number of alkyl halides is 3. The largest absolute Gasteiger partial charge is 0.457 e. The van der Waals surface area contributed by atoms with Crippen molar-refractivity contribution in [1.82, 2.24) is 19.7 Å². The zero-order chi connectivity index (χ0) is 30.8. The van der Waals surface area contributed by atoms with Gasteiger partial charge in [0.1, 0.15) is 17.3 Å². The van der Waals surface area contributed by atoms with E-state index in [2.05, 4.69) is 27.0 Å². The van der Waals surface area contributed by atoms with Gasteiger partial charge in [-0.3, -0.25) is 14.5 Å². The van der Waals surface area contributed by atoms with E-state index in [0.29, 0.717) is 55.2 Å². The number of hydrogen-bond acceptors (Lipinski definition) is 6. The van der Waals surface area contributed by atoms with Crippen molar-refractivity contribution in [3.63, 3.8) is 0 Å². The maximum absolute atomic E-state index is 14.1. The molecule has 3 aliphatic rings. The number of likely N-dealkylation sites (N-methyl/N-ethyl adjacent to an activating group) is 1. The van der Waals surface area contributed by atoms with E-state index in [4.69, 9.17) is 4.74 Å². The van der Waals surface area contributed by atoms with Gasteiger partial charge in [0.2, 0.25) is 11.8 Å². The Morgan fingerprint density at radius 1 is 0.955 bits per heavy atom. The summed E-state index contributed by atoms with van der Waals surface area (Å²) in [5.74, 6) is 1.44. The first-order valence-electron chi connectivity index (χ1n) is 15.1. The van der Waals surface area contributed by atoms with Gasteiger partial charge in [0, 0.05) is 64.0 Å². The molecule has 4 heterocycles. The standard InChI is InChI=1S/C33H36F3N5O3/c1-2-39-13-15-40(16-14-39)20-24-4-3-22(17-28(24)33(34,35)36)18-31(43)41-12-10-23-5-6-26(19-25(23)21-41)44-29-9-11-37-32-27(29)7-8-30(42)38-32/h3-6,9,11,17,19H,2,7-8,10,12-16,18,20-21H2,1H3,(H,37,38,42). The van der Waals surface area contributed by atoms with E-state index in [9.17, 15) is 22.8 Å². The van der Waals surface area contributed by atoms with E-state index >= 15 is 0 Å². The van der Waals surface area contributed by atoms with Crippen LogP contribution in [0.2, 0.25) is 0 Å². The second-order valence-corrected chi connectivity index (χ2v) is 11.7. The Kier molecular flexibility index (Phi) is 8.59. The van der Waals surface area contributed by atoms with E-state index in [0.717, 1.165) is 55.5 Å². The van der Waals surface area contributed by atoms with Gasteiger partial charge in [-0.15, -0.1) is 0 Å². The molecule has 0 unspecified atom stereocenters. The predicted molar refractivity (Wildman–Crippen MR) is 159 cm³/mol. The topological polar surface area (TPSA) is 78.0 Å². The molecular formula is C33H36F3N5O3. The minimum atomic E-state index is -4.50. The monoisotopic (exact) mass is 607 g/mol. The summed E-state index contributed by atoms with van der Waals surface area (Å²) < 4.78 is 48.5. The zero-order valence-electron chi connectivity index (χ0n) is 24.8. The lowest BCUT2D eigenvalue weighted by Gasteiger charge is -2.34. The van der Waals surface area contributed by atoms with Gasteiger partial charge in [-0.2, -0.15) is 13.2 Å². The zero-order valence-corrected chi connectivity index (χ0v) is 24.8. The van der Waals surface area contributed by atoms with Gasteiger partial charge in [-0.25, -0.2) is 4.98 Å². The van der Waals surface area contributed by atoms with Crippen LogP contribution in [0.1, 0.15) is 46.7 Å². The first kappa shape index (κ1) is 30.1. The molecule has 1 saturated heterocycles. The van der Waals surface area contributed by atoms with Gasteiger partial charge >= 0.3 is 6.18 Å². The van der Waals surface area contributed by atoms with Crippen molar-refractivity contribution in [3.8, 4) is 11.5 Å². The van der Waals surface area contributed by atoms with Gasteiger partial charge < -0.3 is 19.9 Å². The average Bonchev–Trinajstić information content (AvgIpc) is 3.01. The van der Waals surface area contributed by atoms with Crippen LogP contribution in [0, 0.1) is 0 Å². The Balaban J connectivity index is 1.13. The van der Waals surface area contributed by atoms with Crippen LogP contribution >= 0.6 is 0 Å². The summed E-state index contributed by atoms with van der Waals surface area (Å²) >= 11 is 0. The number of fused-ring (bicyclic) bond motifs is 2. The first-order valence-corrected chi connectivity index (χ1v) is 15.1. The van der Waals surface area contributed by atoms with Gasteiger partial charge in [-0.1, -0.05) is 25.1 Å². The normalized spacial score (nSPS) is 17.5. The molecule has 2 aromatic carbocycles. The van der Waals surface area contributed by atoms with E-state index in [1.807, 2.05) is 18.2 Å². The van der Waals surface area contributed by atoms with Crippen LogP contribution in [0.4, 0.5) is 19.0 Å². The molecule has 44 heavy (non-hydrogen) atoms. The molecule has 1 N–H and O–H groups in total. The molecule has 6 rings (SSSR count). The third-order valence-corrected chi connectivity index (χ3v) is 8.78. The second kappa shape index (κ2) is 12.6. The lowest BCUT2D eigenvalue weighted by molar-refractivity contribution is -0.138. The number of nitrogens with one attached hydrogen (secondary N) is 1. The Morgan fingerprint density at radius 3 is 2.52 bits per heavy atom. The molecule has 2 amide bonds. The Bertz CT molecular complexity index is 1550. The number of carbonyl (C=O) groups excluding carboxylic acids is 2. The molecule has 3 aliphatic heterocycles. The van der Waals surface area contributed by atoms with Gasteiger partial charge in [0.05, 0.1) is 12.0 Å². The summed E-state index contributed by atoms with van der Waals surface area (Å²) in [6.07, 6.45) is -1.47. The molecular weight excluding hydrogens is 571 g/mol. The number of hydrogen-bond donors (Lipinski definition) is 1. The summed E-state index contributed by atoms with van der Waals surface area (Å²) in [5, 5.41) is 2.77. The number of amides is 2. The Labute approximate surface area is 254 Å². The van der Waals surface area contributed by atoms with Gasteiger partial charge in [-0.05, 0) is 65.9 Å². The molecule has 3 aromatic rings. The predicted octanol–water partition coefficient (Wildman–Crippen LogP) is 5.04. The summed E-state index contributed by atoms with van der Waals surface area (Å²) in [6, 6.07) is 11.9. The number of rotatable bonds is 7. The number of pyridine rings is 1. The fourth-order valence-electron chi connectivity index (χ4n) is 6.22. The fourth-order valence-corrected chi connectivity index (χ4v) is 6.22. The maximum Gasteiger partial charge on any atom is 0.416 e. The van der Waals surface area contributed by atoms with E-state index in [1.54, 1.807) is 23.2 Å². The summed E-state index contributed by atoms with van der Waals surface area (Å²) in [5.41, 5.74) is 2.83. The molecule has 11 heteroatoms. The molecule has 1 fully saturated rings. The van der Waals surface area contributed by atoms with E-state index < -0.39 is 11.7 Å². The van der Waals surface area contributed by atoms with Crippen molar-refractivity contribution in [2.45, 2.75) is 51.9 Å². The van der Waals surface area contributed by atoms with Crippen molar-refractivity contribution in [2.24, 2.45) is 0 Å². The number of nitrogens with zero attached hydrogens (tertiary/aromatic N) is 4. The number of aromatic nitrogens is 1. The Morgan fingerprint density at radius 2 is 1.75 bits per heavy atom. The Hall–Kier alpha value is -3.96. The second-order valence-electron chi connectivity index (χ2n) is 11.7. The third kappa shape index (κ3) is 6.73. The van der Waals surface area contributed by atoms with Crippen molar-refractivity contribution in [2.75, 3.05) is 44.6 Å². The number of piperazine rings is 1. The molecule has 0 saturated carbocycles. The van der Waals surface area contributed by atoms with Crippen molar-refractivity contribution >= 4 is 17.6 Å². The smallest absolute Gasteiger partial charge is 0.416 e. The molecule has 1 aromatic heterocycles. The SMILES string of the molecule is CCN1CCN(Cc2ccc(CC(=O)N3CCc4ccc(Oc5ccnc6c5CCC(=O)N6)cc4C3)cc2C(F)(F)F)CC1. The van der Waals surface area contributed by atoms with Crippen molar-refractivity contribution < 1.29 is 27.5 Å². The molecule has 8 nitrogen and oxygen atoms in total. The van der Waals surface area contributed by atoms with Crippen molar-refractivity contribution in [3.05, 3.63) is 82.0 Å². The minimum Gasteiger partial charge on any atom is -0.457 e. The molecule has 0 radical (unpaired) electrons. The first-order chi connectivity index (χ1) is 21.2. The van der Waals surface area contributed by atoms with Gasteiger partial charge in [0.15, 0.2) is 0 Å². The quantitative estimate of drug-likeness (QED) is 0.406. The number of benzene rings is 2. The molecule has 0 spiro atoms. The van der Waals surface area contributed by atoms with Crippen LogP contribution in [-0.2, 0) is 48.1 Å². The number of halogens is 3. The lowest BCUT2D eigenvalue weighted by Crippen LogP contribution is -2.45. The minimum absolute atomic E-state index is 0.0766. The number of anilines is 1. The summed E-state index contributed by atoms with van der Waals surface area (Å²) in [7, 11) is 0. The highest BCUT2D eigenvalue weighted by Gasteiger charge is 2.34. The van der Waals surface area contributed by atoms with Gasteiger partial charge in [0.25, 0.3) is 0 Å². The number of carbonyl (C=O) groups is 2. The highest BCUT2D eigenvalue weighted by molar-refractivity contribution is 5.93. The van der Waals surface area contributed by atoms with Crippen LogP contribution in [0.15, 0.2) is 48.7 Å². The highest BCUT2D eigenvalue weighted by Crippen LogP contribution is 2.35. The third-order valence-electron chi connectivity index (χ3n) is 8.78. The van der Waals surface area contributed by atoms with Crippen LogP contribution in [0.5, 0.6) is 11.5 Å². The summed E-state index contributed by atoms with van der Waals surface area (Å²) in [6.45, 7) is 7.29. The molecule has 0 atom stereocenters. The number of ether oxygens (including phenoxy) is 1. The lowest BCUT2D eigenvalue weighted by atomic mass is 9.97. The van der Waals surface area contributed by atoms with Crippen LogP contribution < -0.4 is 10.1 Å². The molecule has 232 valence electrons. The van der Waals surface area contributed by atoms with Crippen molar-refractivity contribution in [1.29, 1.82) is 0 Å². The fraction of sp³-hybridized carbons (Fsp3) is 0.424. The van der Waals surface area contributed by atoms with Crippen LogP contribution in [0.3, 0.4) is 0 Å².